The standard InChI is InChI=1S/C22H41N/c1-3-22(4-2)18-19-14-10-7-8-11-15-20(19)21-16-12-6-5-9-13-17-23(21)22/h19-21H,3-18H2,1-2H3. The van der Waals surface area contributed by atoms with E-state index in [0.717, 1.165) is 17.9 Å². The normalized spacial score (nSPS) is 36.5. The molecule has 3 atom stereocenters. The Kier molecular flexibility index (Phi) is 6.46. The highest BCUT2D eigenvalue weighted by molar-refractivity contribution is 5.02. The summed E-state index contributed by atoms with van der Waals surface area (Å²) in [5.41, 5.74) is 0.537. The van der Waals surface area contributed by atoms with E-state index in [1.165, 1.54) is 103 Å². The second kappa shape index (κ2) is 8.37. The SMILES string of the molecule is CCC1(CC)CC2CCCCCCC2C2CCCCCCCN21. The van der Waals surface area contributed by atoms with E-state index in [9.17, 15) is 0 Å². The molecule has 3 fully saturated rings. The molecule has 3 unspecified atom stereocenters. The summed E-state index contributed by atoms with van der Waals surface area (Å²) in [4.78, 5) is 3.08. The zero-order valence-electron chi connectivity index (χ0n) is 16.0. The summed E-state index contributed by atoms with van der Waals surface area (Å²) in [7, 11) is 0. The highest BCUT2D eigenvalue weighted by Gasteiger charge is 2.48. The van der Waals surface area contributed by atoms with Gasteiger partial charge in [0, 0.05) is 11.6 Å². The van der Waals surface area contributed by atoms with Crippen LogP contribution in [0.15, 0.2) is 0 Å². The second-order valence-corrected chi connectivity index (χ2v) is 8.87. The fraction of sp³-hybridized carbons (Fsp3) is 1.00. The molecule has 0 bridgehead atoms. The molecule has 0 aromatic carbocycles. The third-order valence-corrected chi connectivity index (χ3v) is 7.83. The van der Waals surface area contributed by atoms with Gasteiger partial charge in [-0.25, -0.2) is 0 Å². The van der Waals surface area contributed by atoms with Crippen LogP contribution in [0.25, 0.3) is 0 Å². The molecule has 3 rings (SSSR count). The van der Waals surface area contributed by atoms with Crippen molar-refractivity contribution in [1.29, 1.82) is 0 Å². The van der Waals surface area contributed by atoms with Crippen LogP contribution in [0.2, 0.25) is 0 Å². The van der Waals surface area contributed by atoms with E-state index in [2.05, 4.69) is 18.7 Å². The fourth-order valence-electron chi connectivity index (χ4n) is 6.42. The summed E-state index contributed by atoms with van der Waals surface area (Å²) in [6.45, 7) is 6.36. The van der Waals surface area contributed by atoms with Crippen molar-refractivity contribution in [2.45, 2.75) is 122 Å². The molecule has 2 saturated heterocycles. The number of nitrogens with zero attached hydrogens (tertiary/aromatic N) is 1. The van der Waals surface area contributed by atoms with Crippen LogP contribution in [0.1, 0.15) is 110 Å². The van der Waals surface area contributed by atoms with E-state index in [1.807, 2.05) is 0 Å². The molecule has 134 valence electrons. The van der Waals surface area contributed by atoms with Crippen molar-refractivity contribution in [3.8, 4) is 0 Å². The Bertz CT molecular complexity index is 346. The van der Waals surface area contributed by atoms with Gasteiger partial charge in [0.25, 0.3) is 0 Å². The zero-order chi connectivity index (χ0) is 16.1. The quantitative estimate of drug-likeness (QED) is 0.557. The molecule has 0 radical (unpaired) electrons. The molecule has 2 heterocycles. The molecule has 2 aliphatic heterocycles. The Labute approximate surface area is 145 Å². The van der Waals surface area contributed by atoms with Crippen LogP contribution in [-0.4, -0.2) is 23.0 Å². The van der Waals surface area contributed by atoms with E-state index in [-0.39, 0.29) is 0 Å². The molecule has 0 aromatic heterocycles. The van der Waals surface area contributed by atoms with Gasteiger partial charge in [0.1, 0.15) is 0 Å². The highest BCUT2D eigenvalue weighted by Crippen LogP contribution is 2.49. The largest absolute Gasteiger partial charge is 0.294 e. The Morgan fingerprint density at radius 1 is 0.739 bits per heavy atom. The molecule has 3 aliphatic rings. The third-order valence-electron chi connectivity index (χ3n) is 7.83. The molecule has 0 N–H and O–H groups in total. The lowest BCUT2D eigenvalue weighted by Gasteiger charge is -2.58. The minimum Gasteiger partial charge on any atom is -0.294 e. The van der Waals surface area contributed by atoms with E-state index in [1.54, 1.807) is 0 Å². The number of hydrogen-bond donors (Lipinski definition) is 0. The maximum atomic E-state index is 3.08. The summed E-state index contributed by atoms with van der Waals surface area (Å²) in [6.07, 6.45) is 22.3. The first-order valence-electron chi connectivity index (χ1n) is 11.1. The van der Waals surface area contributed by atoms with Crippen LogP contribution in [0.3, 0.4) is 0 Å². The van der Waals surface area contributed by atoms with Crippen molar-refractivity contribution >= 4 is 0 Å². The average molecular weight is 320 g/mol. The number of rotatable bonds is 2. The summed E-state index contributed by atoms with van der Waals surface area (Å²) in [6, 6.07) is 0.921. The molecule has 1 aliphatic carbocycles. The van der Waals surface area contributed by atoms with Gasteiger partial charge in [0.2, 0.25) is 0 Å². The summed E-state index contributed by atoms with van der Waals surface area (Å²) in [5, 5.41) is 0. The molecule has 23 heavy (non-hydrogen) atoms. The summed E-state index contributed by atoms with van der Waals surface area (Å²) in [5.74, 6) is 2.07. The molecule has 0 amide bonds. The Hall–Kier alpha value is -0.0400. The van der Waals surface area contributed by atoms with Gasteiger partial charge in [-0.3, -0.25) is 4.90 Å². The first kappa shape index (κ1) is 17.8. The Balaban J connectivity index is 1.88. The number of hydrogen-bond acceptors (Lipinski definition) is 1. The Morgan fingerprint density at radius 2 is 1.35 bits per heavy atom. The van der Waals surface area contributed by atoms with Crippen LogP contribution in [0.5, 0.6) is 0 Å². The number of fused-ring (bicyclic) bond motifs is 3. The van der Waals surface area contributed by atoms with Crippen molar-refractivity contribution < 1.29 is 0 Å². The van der Waals surface area contributed by atoms with Gasteiger partial charge in [0.15, 0.2) is 0 Å². The van der Waals surface area contributed by atoms with Crippen LogP contribution in [0, 0.1) is 11.8 Å². The average Bonchev–Trinajstić information content (AvgIpc) is 2.67. The van der Waals surface area contributed by atoms with E-state index in [4.69, 9.17) is 0 Å². The van der Waals surface area contributed by atoms with Crippen molar-refractivity contribution in [1.82, 2.24) is 4.90 Å². The second-order valence-electron chi connectivity index (χ2n) is 8.87. The summed E-state index contributed by atoms with van der Waals surface area (Å²) < 4.78 is 0. The minimum atomic E-state index is 0.537. The molecule has 0 spiro atoms. The van der Waals surface area contributed by atoms with Gasteiger partial charge in [-0.2, -0.15) is 0 Å². The van der Waals surface area contributed by atoms with Gasteiger partial charge < -0.3 is 0 Å². The molecule has 1 nitrogen and oxygen atoms in total. The number of piperidine rings is 1. The van der Waals surface area contributed by atoms with Crippen molar-refractivity contribution in [3.63, 3.8) is 0 Å². The molecular formula is C22H41N. The topological polar surface area (TPSA) is 3.24 Å². The maximum Gasteiger partial charge on any atom is 0.0210 e. The monoisotopic (exact) mass is 319 g/mol. The zero-order valence-corrected chi connectivity index (χ0v) is 16.0. The van der Waals surface area contributed by atoms with E-state index < -0.39 is 0 Å². The van der Waals surface area contributed by atoms with Crippen molar-refractivity contribution in [3.05, 3.63) is 0 Å². The van der Waals surface area contributed by atoms with Crippen LogP contribution >= 0.6 is 0 Å². The molecule has 1 heteroatoms. The molecular weight excluding hydrogens is 278 g/mol. The van der Waals surface area contributed by atoms with Gasteiger partial charge in [-0.1, -0.05) is 71.6 Å². The smallest absolute Gasteiger partial charge is 0.0210 e. The van der Waals surface area contributed by atoms with Crippen molar-refractivity contribution in [2.24, 2.45) is 11.8 Å². The van der Waals surface area contributed by atoms with Crippen molar-refractivity contribution in [2.75, 3.05) is 6.54 Å². The maximum absolute atomic E-state index is 3.08. The first-order valence-corrected chi connectivity index (χ1v) is 11.1. The lowest BCUT2D eigenvalue weighted by Crippen LogP contribution is -2.62. The van der Waals surface area contributed by atoms with Gasteiger partial charge in [-0.15, -0.1) is 0 Å². The molecule has 0 aromatic rings. The van der Waals surface area contributed by atoms with Crippen LogP contribution in [0.4, 0.5) is 0 Å². The van der Waals surface area contributed by atoms with E-state index in [0.29, 0.717) is 5.54 Å². The van der Waals surface area contributed by atoms with E-state index >= 15 is 0 Å². The first-order chi connectivity index (χ1) is 11.3. The predicted molar refractivity (Wildman–Crippen MR) is 101 cm³/mol. The fourth-order valence-corrected chi connectivity index (χ4v) is 6.42. The lowest BCUT2D eigenvalue weighted by molar-refractivity contribution is -0.0785. The third kappa shape index (κ3) is 3.80. The minimum absolute atomic E-state index is 0.537. The van der Waals surface area contributed by atoms with Gasteiger partial charge in [-0.05, 0) is 56.9 Å². The molecule has 1 saturated carbocycles. The summed E-state index contributed by atoms with van der Waals surface area (Å²) >= 11 is 0. The Morgan fingerprint density at radius 3 is 2.09 bits per heavy atom. The highest BCUT2D eigenvalue weighted by atomic mass is 15.2. The lowest BCUT2D eigenvalue weighted by atomic mass is 9.64. The van der Waals surface area contributed by atoms with Gasteiger partial charge in [0.05, 0.1) is 0 Å². The van der Waals surface area contributed by atoms with Crippen LogP contribution < -0.4 is 0 Å². The predicted octanol–water partition coefficient (Wildman–Crippen LogP) is 6.56. The van der Waals surface area contributed by atoms with Crippen LogP contribution in [-0.2, 0) is 0 Å². The van der Waals surface area contributed by atoms with Gasteiger partial charge >= 0.3 is 0 Å².